The first kappa shape index (κ1) is 12.5. The smallest absolute Gasteiger partial charge is 0.199 e. The van der Waals surface area contributed by atoms with Crippen molar-refractivity contribution in [1.82, 2.24) is 20.2 Å². The summed E-state index contributed by atoms with van der Waals surface area (Å²) < 4.78 is 0. The highest BCUT2D eigenvalue weighted by Crippen LogP contribution is 2.16. The fourth-order valence-corrected chi connectivity index (χ4v) is 2.01. The van der Waals surface area contributed by atoms with Gasteiger partial charge in [-0.25, -0.2) is 4.98 Å². The summed E-state index contributed by atoms with van der Waals surface area (Å²) in [6.07, 6.45) is 2.44. The second-order valence-electron chi connectivity index (χ2n) is 4.56. The molecule has 0 amide bonds. The molecule has 0 radical (unpaired) electrons. The molecule has 3 N–H and O–H groups in total. The number of nitrogens with two attached hydrogens (primary N) is 1. The number of hydrogen-bond acceptors (Lipinski definition) is 4. The second-order valence-corrected chi connectivity index (χ2v) is 4.56. The van der Waals surface area contributed by atoms with E-state index in [4.69, 9.17) is 5.73 Å². The minimum atomic E-state index is -0.206. The molecule has 3 aromatic rings. The Morgan fingerprint density at radius 2 is 1.85 bits per heavy atom. The number of rotatable bonds is 4. The molecule has 0 aliphatic rings. The standard InChI is InChI=1S/C15H15N5/c16-12(10-11-6-2-1-3-7-11)14-18-15(20-19-14)13-8-4-5-9-17-13/h1-9,12H,10,16H2,(H,18,19,20)/t12-/m0/s1. The number of nitrogens with zero attached hydrogens (tertiary/aromatic N) is 3. The molecule has 0 aliphatic carbocycles. The van der Waals surface area contributed by atoms with E-state index in [0.29, 0.717) is 11.6 Å². The van der Waals surface area contributed by atoms with Crippen molar-refractivity contribution >= 4 is 0 Å². The molecule has 5 heteroatoms. The van der Waals surface area contributed by atoms with E-state index in [0.717, 1.165) is 12.1 Å². The average molecular weight is 265 g/mol. The maximum Gasteiger partial charge on any atom is 0.199 e. The number of H-pyrrole nitrogens is 1. The van der Waals surface area contributed by atoms with Crippen LogP contribution in [0, 0.1) is 0 Å². The van der Waals surface area contributed by atoms with Gasteiger partial charge >= 0.3 is 0 Å². The summed E-state index contributed by atoms with van der Waals surface area (Å²) in [7, 11) is 0. The Bertz CT molecular complexity index is 663. The number of aromatic amines is 1. The van der Waals surface area contributed by atoms with E-state index in [9.17, 15) is 0 Å². The summed E-state index contributed by atoms with van der Waals surface area (Å²) >= 11 is 0. The highest BCUT2D eigenvalue weighted by molar-refractivity contribution is 5.47. The molecule has 1 aromatic carbocycles. The molecule has 0 fully saturated rings. The monoisotopic (exact) mass is 265 g/mol. The maximum atomic E-state index is 6.16. The summed E-state index contributed by atoms with van der Waals surface area (Å²) in [5, 5.41) is 7.07. The largest absolute Gasteiger partial charge is 0.321 e. The van der Waals surface area contributed by atoms with Gasteiger partial charge in [0.2, 0.25) is 0 Å². The molecule has 3 rings (SSSR count). The van der Waals surface area contributed by atoms with Crippen LogP contribution in [-0.2, 0) is 6.42 Å². The molecule has 0 bridgehead atoms. The maximum absolute atomic E-state index is 6.16. The first-order valence-electron chi connectivity index (χ1n) is 6.46. The lowest BCUT2D eigenvalue weighted by atomic mass is 10.1. The van der Waals surface area contributed by atoms with Crippen LogP contribution in [-0.4, -0.2) is 20.2 Å². The van der Waals surface area contributed by atoms with Gasteiger partial charge in [-0.15, -0.1) is 0 Å². The summed E-state index contributed by atoms with van der Waals surface area (Å²) in [4.78, 5) is 8.64. The van der Waals surface area contributed by atoms with Crippen LogP contribution in [0.15, 0.2) is 54.7 Å². The lowest BCUT2D eigenvalue weighted by Crippen LogP contribution is -2.15. The van der Waals surface area contributed by atoms with Crippen molar-refractivity contribution in [3.63, 3.8) is 0 Å². The minimum absolute atomic E-state index is 0.206. The number of benzene rings is 1. The molecule has 20 heavy (non-hydrogen) atoms. The molecule has 2 heterocycles. The molecule has 0 saturated carbocycles. The minimum Gasteiger partial charge on any atom is -0.321 e. The lowest BCUT2D eigenvalue weighted by Gasteiger charge is -2.07. The molecule has 2 aromatic heterocycles. The van der Waals surface area contributed by atoms with E-state index in [2.05, 4.69) is 32.3 Å². The van der Waals surface area contributed by atoms with Crippen molar-refractivity contribution in [2.24, 2.45) is 5.73 Å². The van der Waals surface area contributed by atoms with E-state index in [1.165, 1.54) is 5.56 Å². The Labute approximate surface area is 116 Å². The summed E-state index contributed by atoms with van der Waals surface area (Å²) in [5.41, 5.74) is 8.08. The summed E-state index contributed by atoms with van der Waals surface area (Å²) in [6.45, 7) is 0. The van der Waals surface area contributed by atoms with Gasteiger partial charge in [-0.1, -0.05) is 36.4 Å². The number of hydrogen-bond donors (Lipinski definition) is 2. The molecule has 100 valence electrons. The number of aromatic nitrogens is 4. The third-order valence-corrected chi connectivity index (χ3v) is 3.05. The Morgan fingerprint density at radius 3 is 2.60 bits per heavy atom. The number of nitrogens with one attached hydrogen (secondary N) is 1. The number of pyridine rings is 1. The zero-order valence-electron chi connectivity index (χ0n) is 10.9. The van der Waals surface area contributed by atoms with Gasteiger partial charge in [-0.05, 0) is 24.1 Å². The molecule has 0 unspecified atom stereocenters. The second kappa shape index (κ2) is 5.63. The fourth-order valence-electron chi connectivity index (χ4n) is 2.01. The summed E-state index contributed by atoms with van der Waals surface area (Å²) in [6, 6.07) is 15.5. The van der Waals surface area contributed by atoms with Crippen molar-refractivity contribution in [2.75, 3.05) is 0 Å². The molecule has 0 spiro atoms. The van der Waals surface area contributed by atoms with Gasteiger partial charge in [0.25, 0.3) is 0 Å². The first-order valence-corrected chi connectivity index (χ1v) is 6.46. The van der Waals surface area contributed by atoms with Crippen molar-refractivity contribution in [1.29, 1.82) is 0 Å². The predicted octanol–water partition coefficient (Wildman–Crippen LogP) is 2.11. The van der Waals surface area contributed by atoms with Gasteiger partial charge in [0.05, 0.1) is 6.04 Å². The van der Waals surface area contributed by atoms with Crippen LogP contribution in [0.3, 0.4) is 0 Å². The third-order valence-electron chi connectivity index (χ3n) is 3.05. The van der Waals surface area contributed by atoms with Gasteiger partial charge in [-0.3, -0.25) is 10.1 Å². The van der Waals surface area contributed by atoms with E-state index in [1.807, 2.05) is 36.4 Å². The van der Waals surface area contributed by atoms with E-state index < -0.39 is 0 Å². The average Bonchev–Trinajstić information content (AvgIpc) is 2.99. The Balaban J connectivity index is 1.77. The molecule has 0 saturated heterocycles. The molecule has 1 atom stereocenters. The van der Waals surface area contributed by atoms with Crippen LogP contribution >= 0.6 is 0 Å². The van der Waals surface area contributed by atoms with Crippen molar-refractivity contribution in [3.05, 3.63) is 66.1 Å². The Hall–Kier alpha value is -2.53. The fraction of sp³-hybridized carbons (Fsp3) is 0.133. The molecule has 0 aliphatic heterocycles. The third kappa shape index (κ3) is 2.73. The molecule has 5 nitrogen and oxygen atoms in total. The van der Waals surface area contributed by atoms with E-state index in [-0.39, 0.29) is 6.04 Å². The quantitative estimate of drug-likeness (QED) is 0.757. The molecular weight excluding hydrogens is 250 g/mol. The molecular formula is C15H15N5. The first-order chi connectivity index (χ1) is 9.83. The lowest BCUT2D eigenvalue weighted by molar-refractivity contribution is 0.671. The van der Waals surface area contributed by atoms with Crippen LogP contribution < -0.4 is 5.73 Å². The van der Waals surface area contributed by atoms with E-state index in [1.54, 1.807) is 6.20 Å². The van der Waals surface area contributed by atoms with Crippen molar-refractivity contribution in [2.45, 2.75) is 12.5 Å². The van der Waals surface area contributed by atoms with Crippen molar-refractivity contribution < 1.29 is 0 Å². The highest BCUT2D eigenvalue weighted by atomic mass is 15.2. The van der Waals surface area contributed by atoms with Crippen LogP contribution in [0.25, 0.3) is 11.5 Å². The highest BCUT2D eigenvalue weighted by Gasteiger charge is 2.13. The SMILES string of the molecule is N[C@@H](Cc1ccccc1)c1nc(-c2ccccn2)n[nH]1. The van der Waals surface area contributed by atoms with Crippen LogP contribution in [0.5, 0.6) is 0 Å². The van der Waals surface area contributed by atoms with Gasteiger partial charge in [0.1, 0.15) is 11.5 Å². The van der Waals surface area contributed by atoms with Gasteiger partial charge < -0.3 is 5.73 Å². The normalized spacial score (nSPS) is 12.2. The van der Waals surface area contributed by atoms with Gasteiger partial charge in [0, 0.05) is 6.20 Å². The Kier molecular flexibility index (Phi) is 3.52. The zero-order valence-corrected chi connectivity index (χ0v) is 10.9. The van der Waals surface area contributed by atoms with Gasteiger partial charge in [0.15, 0.2) is 5.82 Å². The predicted molar refractivity (Wildman–Crippen MR) is 76.7 cm³/mol. The zero-order chi connectivity index (χ0) is 13.8. The van der Waals surface area contributed by atoms with Crippen LogP contribution in [0.4, 0.5) is 0 Å². The van der Waals surface area contributed by atoms with Crippen molar-refractivity contribution in [3.8, 4) is 11.5 Å². The van der Waals surface area contributed by atoms with Crippen LogP contribution in [0.2, 0.25) is 0 Å². The topological polar surface area (TPSA) is 80.5 Å². The summed E-state index contributed by atoms with van der Waals surface area (Å²) in [5.74, 6) is 1.25. The van der Waals surface area contributed by atoms with Crippen LogP contribution in [0.1, 0.15) is 17.4 Å². The Morgan fingerprint density at radius 1 is 1.05 bits per heavy atom. The van der Waals surface area contributed by atoms with Gasteiger partial charge in [-0.2, -0.15) is 5.10 Å². The van der Waals surface area contributed by atoms with E-state index >= 15 is 0 Å².